The van der Waals surface area contributed by atoms with Crippen LogP contribution in [-0.2, 0) is 39.9 Å². The number of anilines is 4. The highest BCUT2D eigenvalue weighted by atomic mass is 32.1. The van der Waals surface area contributed by atoms with Crippen LogP contribution in [-0.4, -0.2) is 194 Å². The minimum absolute atomic E-state index is 0.00587. The molecule has 474 valence electrons. The summed E-state index contributed by atoms with van der Waals surface area (Å²) < 4.78 is 89.7. The summed E-state index contributed by atoms with van der Waals surface area (Å²) in [5, 5.41) is 22.0. The van der Waals surface area contributed by atoms with Crippen molar-refractivity contribution >= 4 is 64.0 Å². The average Bonchev–Trinajstić information content (AvgIpc) is 3.45. The number of aromatic nitrogens is 3. The molecule has 2 aliphatic carbocycles. The number of amides is 5. The van der Waals surface area contributed by atoms with E-state index in [0.717, 1.165) is 39.9 Å². The first-order chi connectivity index (χ1) is 41.5. The first-order valence-corrected chi connectivity index (χ1v) is 30.5. The zero-order valence-corrected chi connectivity index (χ0v) is 50.9. The number of alkyl halides is 3. The second-order valence-electron chi connectivity index (χ2n) is 23.9. The number of benzene rings is 2. The van der Waals surface area contributed by atoms with Gasteiger partial charge in [-0.15, -0.1) is 11.3 Å². The van der Waals surface area contributed by atoms with Crippen LogP contribution in [0.2, 0.25) is 0 Å². The average molecular weight is 1240 g/mol. The Bertz CT molecular complexity index is 3100. The molecular weight excluding hydrogens is 1160 g/mol. The van der Waals surface area contributed by atoms with E-state index in [-0.39, 0.29) is 92.1 Å². The van der Waals surface area contributed by atoms with Crippen molar-refractivity contribution in [3.8, 4) is 21.9 Å². The number of rotatable bonds is 26. The molecule has 4 fully saturated rings. The van der Waals surface area contributed by atoms with E-state index in [1.54, 1.807) is 26.3 Å². The van der Waals surface area contributed by atoms with Gasteiger partial charge in [-0.25, -0.2) is 18.7 Å². The normalized spacial score (nSPS) is 20.0. The number of hydrogen-bond acceptors (Lipinski definition) is 18. The van der Waals surface area contributed by atoms with Gasteiger partial charge in [-0.1, -0.05) is 45.7 Å². The van der Waals surface area contributed by atoms with Crippen molar-refractivity contribution in [2.75, 3.05) is 108 Å². The molecule has 4 aromatic rings. The van der Waals surface area contributed by atoms with Gasteiger partial charge in [-0.2, -0.15) is 13.8 Å². The smallest absolute Gasteiger partial charge is 0.342 e. The number of nitrogens with zero attached hydrogens (tertiary/aromatic N) is 7. The van der Waals surface area contributed by atoms with Crippen LogP contribution in [0.5, 0.6) is 11.5 Å². The lowest BCUT2D eigenvalue weighted by atomic mass is 9.85. The Kier molecular flexibility index (Phi) is 20.9. The van der Waals surface area contributed by atoms with Crippen molar-refractivity contribution in [2.24, 2.45) is 5.41 Å². The van der Waals surface area contributed by atoms with E-state index in [1.165, 1.54) is 47.6 Å². The van der Waals surface area contributed by atoms with E-state index < -0.39 is 77.1 Å². The molecule has 2 unspecified atom stereocenters. The lowest BCUT2D eigenvalue weighted by molar-refractivity contribution is -0.145. The van der Waals surface area contributed by atoms with Gasteiger partial charge in [0.2, 0.25) is 17.8 Å². The molecule has 2 saturated heterocycles. The molecule has 0 spiro atoms. The number of carbonyl (C=O) groups is 5. The van der Waals surface area contributed by atoms with Gasteiger partial charge in [0.25, 0.3) is 17.7 Å². The molecule has 2 saturated carbocycles. The van der Waals surface area contributed by atoms with Gasteiger partial charge in [0.1, 0.15) is 41.7 Å². The monoisotopic (exact) mass is 1240 g/mol. The van der Waals surface area contributed by atoms with Gasteiger partial charge < -0.3 is 69.7 Å². The number of aliphatic hydroxyl groups excluding tert-OH is 1. The Hall–Kier alpha value is -6.78. The molecule has 0 bridgehead atoms. The van der Waals surface area contributed by atoms with E-state index in [4.69, 9.17) is 23.7 Å². The number of piperidine rings is 1. The summed E-state index contributed by atoms with van der Waals surface area (Å²) in [7, 11) is 2.63. The fourth-order valence-electron chi connectivity index (χ4n) is 11.3. The number of methoxy groups -OCH3 is 1. The molecule has 5 amide bonds. The van der Waals surface area contributed by atoms with Crippen LogP contribution < -0.4 is 40.5 Å². The molecule has 5 N–H and O–H groups in total. The van der Waals surface area contributed by atoms with Crippen molar-refractivity contribution in [3.63, 3.8) is 0 Å². The molecule has 2 aromatic heterocycles. The highest BCUT2D eigenvalue weighted by Gasteiger charge is 2.54. The molecule has 3 aliphatic heterocycles. The van der Waals surface area contributed by atoms with Gasteiger partial charge >= 0.3 is 5.92 Å². The van der Waals surface area contributed by atoms with Crippen molar-refractivity contribution in [1.82, 2.24) is 40.7 Å². The van der Waals surface area contributed by atoms with Crippen LogP contribution in [0.3, 0.4) is 0 Å². The lowest BCUT2D eigenvalue weighted by Crippen LogP contribution is -2.59. The highest BCUT2D eigenvalue weighted by Crippen LogP contribution is 2.42. The molecular formula is C60H79F4N11O11S. The first kappa shape index (κ1) is 64.7. The van der Waals surface area contributed by atoms with Crippen molar-refractivity contribution in [1.29, 1.82) is 0 Å². The number of fused-ring (bicyclic) bond motifs is 1. The van der Waals surface area contributed by atoms with Gasteiger partial charge in [-0.3, -0.25) is 24.0 Å². The Labute approximate surface area is 507 Å². The number of aliphatic hydroxyl groups is 1. The molecule has 2 aromatic carbocycles. The second-order valence-corrected chi connectivity index (χ2v) is 24.8. The summed E-state index contributed by atoms with van der Waals surface area (Å²) in [4.78, 5) is 86.6. The Balaban J connectivity index is 0.663. The van der Waals surface area contributed by atoms with Crippen LogP contribution in [0.15, 0.2) is 42.0 Å². The minimum atomic E-state index is -3.65. The summed E-state index contributed by atoms with van der Waals surface area (Å²) in [5.41, 5.74) is 1.38. The van der Waals surface area contributed by atoms with E-state index in [1.807, 2.05) is 25.1 Å². The quantitative estimate of drug-likeness (QED) is 0.0352. The zero-order valence-electron chi connectivity index (χ0n) is 50.1. The number of β-amino-alcohol motifs (C(OH)–C–C–N with tert-alkyl or cyclic N) is 1. The molecule has 5 heterocycles. The number of aryl methyl sites for hydroxylation is 1. The van der Waals surface area contributed by atoms with Crippen LogP contribution in [0.25, 0.3) is 10.4 Å². The molecule has 5 aliphatic rings. The van der Waals surface area contributed by atoms with E-state index in [0.29, 0.717) is 89.7 Å². The third-order valence-corrected chi connectivity index (χ3v) is 17.5. The fourth-order valence-corrected chi connectivity index (χ4v) is 12.1. The van der Waals surface area contributed by atoms with Gasteiger partial charge in [0, 0.05) is 69.9 Å². The predicted molar refractivity (Wildman–Crippen MR) is 316 cm³/mol. The molecule has 87 heavy (non-hydrogen) atoms. The molecule has 22 nitrogen and oxygen atoms in total. The van der Waals surface area contributed by atoms with Gasteiger partial charge in [0.05, 0.1) is 92.9 Å². The predicted octanol–water partition coefficient (Wildman–Crippen LogP) is 6.09. The van der Waals surface area contributed by atoms with Gasteiger partial charge in [-0.05, 0) is 68.6 Å². The number of carbonyl (C=O) groups excluding carboxylic acids is 5. The van der Waals surface area contributed by atoms with E-state index in [9.17, 15) is 33.5 Å². The molecule has 3 atom stereocenters. The summed E-state index contributed by atoms with van der Waals surface area (Å²) in [6.45, 7) is 10.6. The Morgan fingerprint density at radius 3 is 2.25 bits per heavy atom. The molecule has 0 radical (unpaired) electrons. The Morgan fingerprint density at radius 1 is 0.908 bits per heavy atom. The fraction of sp³-hybridized carbons (Fsp3) is 0.600. The maximum atomic E-state index is 15.7. The van der Waals surface area contributed by atoms with Crippen molar-refractivity contribution in [2.45, 2.75) is 134 Å². The zero-order chi connectivity index (χ0) is 62.2. The standard InChI is InChI=1S/C60H79F4N11O11S/c1-36-49(87-35-67-36)37-11-12-38(31-65-53(78)45-28-41(76)33-74(45)54(79)50(58(2,3)4)70-55(80)59(62)15-16-59)47(27-37)86-26-25-85-24-23-84-22-21-83-20-19-73-17-13-39(14-18-73)68-52(77)42-29-48(82-6)44(30-43(42)61)69-57-66-32-46-51(71-57)75(40-9-7-8-10-40)34-60(63,64)56(81)72(46)5/h11-12,27,29-30,32,35,39-41,45,50,76H,7-10,13-26,28,31,33-34H2,1-6H3,(H,65,78)(H,68,77)(H,70,80)(H,66,69,71)/t41?,45?,50-/m1/s1. The van der Waals surface area contributed by atoms with Gasteiger partial charge in [0.15, 0.2) is 11.5 Å². The van der Waals surface area contributed by atoms with Crippen molar-refractivity contribution < 1.29 is 70.3 Å². The van der Waals surface area contributed by atoms with Crippen LogP contribution in [0.1, 0.15) is 100 Å². The number of hydrogen-bond donors (Lipinski definition) is 5. The van der Waals surface area contributed by atoms with Crippen LogP contribution in [0, 0.1) is 18.2 Å². The van der Waals surface area contributed by atoms with Crippen LogP contribution in [0.4, 0.5) is 40.7 Å². The highest BCUT2D eigenvalue weighted by molar-refractivity contribution is 7.13. The maximum absolute atomic E-state index is 15.7. The van der Waals surface area contributed by atoms with E-state index >= 15 is 13.2 Å². The second kappa shape index (κ2) is 28.1. The SMILES string of the molecule is COc1cc(C(=O)NC2CCN(CCOCCOCCOCCOc3cc(-c4scnc4C)ccc3CNC(=O)C3CC(O)CN3C(=O)[C@@H](NC(=O)C3(F)CC3)C(C)(C)C)CC2)c(F)cc1Nc1ncc2c(n1)N(C1CCCC1)CC(F)(F)C(=O)N2C. The third-order valence-electron chi connectivity index (χ3n) is 16.5. The molecule has 27 heteroatoms. The maximum Gasteiger partial charge on any atom is 0.342 e. The molecule has 9 rings (SSSR count). The van der Waals surface area contributed by atoms with Crippen LogP contribution >= 0.6 is 11.3 Å². The van der Waals surface area contributed by atoms with E-state index in [2.05, 4.69) is 41.1 Å². The first-order valence-electron chi connectivity index (χ1n) is 29.7. The number of likely N-dealkylation sites (tertiary alicyclic amines) is 2. The largest absolute Gasteiger partial charge is 0.495 e. The third kappa shape index (κ3) is 15.9. The summed E-state index contributed by atoms with van der Waals surface area (Å²) in [6.07, 6.45) is 4.83. The summed E-state index contributed by atoms with van der Waals surface area (Å²) in [6, 6.07) is 5.45. The Morgan fingerprint density at radius 2 is 1.60 bits per heavy atom. The summed E-state index contributed by atoms with van der Waals surface area (Å²) in [5.74, 6) is -7.57. The lowest BCUT2D eigenvalue weighted by Gasteiger charge is -2.35. The van der Waals surface area contributed by atoms with Crippen molar-refractivity contribution in [3.05, 3.63) is 64.7 Å². The number of halogens is 4. The number of nitrogens with one attached hydrogen (secondary N) is 4. The number of ether oxygens (including phenoxy) is 5. The number of thiazole rings is 1. The minimum Gasteiger partial charge on any atom is -0.495 e. The topological polar surface area (TPSA) is 251 Å². The summed E-state index contributed by atoms with van der Waals surface area (Å²) >= 11 is 1.49.